The van der Waals surface area contributed by atoms with Crippen molar-refractivity contribution >= 4 is 5.69 Å². The lowest BCUT2D eigenvalue weighted by Gasteiger charge is -2.57. The number of fused-ring (bicyclic) bond motifs is 3. The smallest absolute Gasteiger partial charge is 0.0974 e. The van der Waals surface area contributed by atoms with Gasteiger partial charge in [0.25, 0.3) is 0 Å². The Morgan fingerprint density at radius 2 is 2.13 bits per heavy atom. The van der Waals surface area contributed by atoms with Crippen LogP contribution in [0.5, 0.6) is 0 Å². The maximum Gasteiger partial charge on any atom is 0.0974 e. The minimum Gasteiger partial charge on any atom is -0.370 e. The molecule has 5 aliphatic rings. The van der Waals surface area contributed by atoms with Crippen LogP contribution in [0.15, 0.2) is 24.3 Å². The summed E-state index contributed by atoms with van der Waals surface area (Å²) in [6.07, 6.45) is 6.36. The molecule has 4 aliphatic heterocycles. The largest absolute Gasteiger partial charge is 0.370 e. The summed E-state index contributed by atoms with van der Waals surface area (Å²) in [7, 11) is 2.33. The van der Waals surface area contributed by atoms with E-state index in [9.17, 15) is 0 Å². The van der Waals surface area contributed by atoms with E-state index in [0.29, 0.717) is 35.1 Å². The van der Waals surface area contributed by atoms with Crippen LogP contribution in [0.4, 0.5) is 5.69 Å². The monoisotopic (exact) mass is 310 g/mol. The summed E-state index contributed by atoms with van der Waals surface area (Å²) in [6.45, 7) is 4.86. The standard InChI is InChI=1S/C20H26N2O/c1-3-19-9-8-16-20(13-6-4-5-7-14(13)21(16)2)10-11-22(18(19)20)12-15-17(19)23-15/h4-7,15-18H,3,8-12H2,1-2H3/t15-,16+,17-,18+,19-,20+/m1/s1. The second-order valence-electron chi connectivity index (χ2n) is 8.55. The fourth-order valence-electron chi connectivity index (χ4n) is 7.37. The van der Waals surface area contributed by atoms with Crippen molar-refractivity contribution in [3.05, 3.63) is 29.8 Å². The van der Waals surface area contributed by atoms with Crippen LogP contribution in [-0.2, 0) is 10.2 Å². The number of rotatable bonds is 1. The first kappa shape index (κ1) is 13.3. The molecule has 4 fully saturated rings. The van der Waals surface area contributed by atoms with Crippen molar-refractivity contribution in [1.82, 2.24) is 4.90 Å². The molecule has 0 radical (unpaired) electrons. The average Bonchev–Trinajstić information content (AvgIpc) is 3.22. The maximum absolute atomic E-state index is 6.20. The zero-order chi connectivity index (χ0) is 15.4. The highest BCUT2D eigenvalue weighted by atomic mass is 16.6. The number of para-hydroxylation sites is 1. The van der Waals surface area contributed by atoms with Gasteiger partial charge in [-0.05, 0) is 43.9 Å². The SMILES string of the molecule is CC[C@@]12CC[C@@H]3N(C)c4ccccc4[C@@]34CCN(C[C@H]3O[C@H]31)[C@@H]24. The molecule has 122 valence electrons. The van der Waals surface area contributed by atoms with Crippen molar-refractivity contribution in [2.75, 3.05) is 25.0 Å². The highest BCUT2D eigenvalue weighted by molar-refractivity contribution is 5.66. The van der Waals surface area contributed by atoms with Gasteiger partial charge in [-0.15, -0.1) is 0 Å². The summed E-state index contributed by atoms with van der Waals surface area (Å²) in [5.41, 5.74) is 3.87. The third-order valence-electron chi connectivity index (χ3n) is 8.16. The molecule has 3 heteroatoms. The summed E-state index contributed by atoms with van der Waals surface area (Å²) in [6, 6.07) is 10.6. The molecule has 6 atom stereocenters. The number of hydrogen-bond donors (Lipinski definition) is 0. The van der Waals surface area contributed by atoms with Crippen LogP contribution in [0, 0.1) is 5.41 Å². The highest BCUT2D eigenvalue weighted by Crippen LogP contribution is 2.67. The van der Waals surface area contributed by atoms with E-state index in [1.807, 2.05) is 0 Å². The van der Waals surface area contributed by atoms with Crippen molar-refractivity contribution in [3.8, 4) is 0 Å². The summed E-state index contributed by atoms with van der Waals surface area (Å²) >= 11 is 0. The lowest BCUT2D eigenvalue weighted by molar-refractivity contribution is -0.0240. The lowest BCUT2D eigenvalue weighted by Crippen LogP contribution is -2.66. The van der Waals surface area contributed by atoms with E-state index < -0.39 is 0 Å². The molecule has 1 saturated carbocycles. The van der Waals surface area contributed by atoms with Gasteiger partial charge in [-0.25, -0.2) is 0 Å². The van der Waals surface area contributed by atoms with Gasteiger partial charge in [0.1, 0.15) is 0 Å². The van der Waals surface area contributed by atoms with Crippen LogP contribution < -0.4 is 4.90 Å². The average molecular weight is 310 g/mol. The number of piperidine rings is 1. The van der Waals surface area contributed by atoms with E-state index in [0.717, 1.165) is 0 Å². The Hall–Kier alpha value is -1.06. The Morgan fingerprint density at radius 3 is 3.00 bits per heavy atom. The third-order valence-corrected chi connectivity index (χ3v) is 8.16. The number of nitrogens with zero attached hydrogens (tertiary/aromatic N) is 2. The van der Waals surface area contributed by atoms with Crippen LogP contribution >= 0.6 is 0 Å². The Morgan fingerprint density at radius 1 is 1.26 bits per heavy atom. The highest BCUT2D eigenvalue weighted by Gasteiger charge is 2.74. The van der Waals surface area contributed by atoms with E-state index in [4.69, 9.17) is 4.74 Å². The Labute approximate surface area is 138 Å². The van der Waals surface area contributed by atoms with Gasteiger partial charge in [0.2, 0.25) is 0 Å². The number of anilines is 1. The summed E-state index contributed by atoms with van der Waals surface area (Å²) in [5.74, 6) is 0. The molecular weight excluding hydrogens is 284 g/mol. The molecule has 6 rings (SSSR count). The first-order valence-electron chi connectivity index (χ1n) is 9.44. The Bertz CT molecular complexity index is 690. The molecule has 0 unspecified atom stereocenters. The number of hydrogen-bond acceptors (Lipinski definition) is 3. The van der Waals surface area contributed by atoms with Gasteiger partial charge in [-0.3, -0.25) is 4.90 Å². The molecule has 1 aliphatic carbocycles. The third kappa shape index (κ3) is 1.27. The summed E-state index contributed by atoms with van der Waals surface area (Å²) in [5, 5.41) is 0. The van der Waals surface area contributed by atoms with E-state index in [1.54, 1.807) is 5.56 Å². The molecule has 0 aromatic heterocycles. The summed E-state index contributed by atoms with van der Waals surface area (Å²) in [4.78, 5) is 5.43. The first-order chi connectivity index (χ1) is 11.2. The van der Waals surface area contributed by atoms with Crippen molar-refractivity contribution in [2.45, 2.75) is 62.3 Å². The van der Waals surface area contributed by atoms with Gasteiger partial charge in [-0.1, -0.05) is 25.1 Å². The minimum absolute atomic E-state index is 0.344. The number of ether oxygens (including phenoxy) is 1. The van der Waals surface area contributed by atoms with Crippen LogP contribution in [0.3, 0.4) is 0 Å². The van der Waals surface area contributed by atoms with E-state index in [2.05, 4.69) is 48.0 Å². The molecule has 1 spiro atoms. The molecule has 0 N–H and O–H groups in total. The van der Waals surface area contributed by atoms with Gasteiger partial charge in [0.15, 0.2) is 0 Å². The molecule has 0 amide bonds. The van der Waals surface area contributed by atoms with Gasteiger partial charge >= 0.3 is 0 Å². The van der Waals surface area contributed by atoms with Gasteiger partial charge < -0.3 is 9.64 Å². The first-order valence-corrected chi connectivity index (χ1v) is 9.44. The fraction of sp³-hybridized carbons (Fsp3) is 0.700. The molecule has 1 aromatic carbocycles. The topological polar surface area (TPSA) is 19.0 Å². The maximum atomic E-state index is 6.20. The molecule has 0 bridgehead atoms. The summed E-state index contributed by atoms with van der Waals surface area (Å²) < 4.78 is 6.20. The second kappa shape index (κ2) is 3.94. The van der Waals surface area contributed by atoms with Crippen molar-refractivity contribution in [3.63, 3.8) is 0 Å². The molecular formula is C20H26N2O. The zero-order valence-corrected chi connectivity index (χ0v) is 14.2. The van der Waals surface area contributed by atoms with Crippen LogP contribution in [0.1, 0.15) is 38.2 Å². The quantitative estimate of drug-likeness (QED) is 0.744. The van der Waals surface area contributed by atoms with E-state index in [1.165, 1.54) is 44.5 Å². The number of benzene rings is 1. The Balaban J connectivity index is 1.60. The fourth-order valence-corrected chi connectivity index (χ4v) is 7.37. The van der Waals surface area contributed by atoms with Crippen molar-refractivity contribution < 1.29 is 4.74 Å². The minimum atomic E-state index is 0.344. The molecule has 1 aromatic rings. The van der Waals surface area contributed by atoms with E-state index >= 15 is 0 Å². The normalized spacial score (nSPS) is 49.4. The van der Waals surface area contributed by atoms with Crippen molar-refractivity contribution in [2.24, 2.45) is 5.41 Å². The van der Waals surface area contributed by atoms with Gasteiger partial charge in [0.05, 0.1) is 12.2 Å². The molecule has 4 heterocycles. The predicted octanol–water partition coefficient (Wildman–Crippen LogP) is 2.79. The number of likely N-dealkylation sites (N-methyl/N-ethyl adjacent to an activating group) is 1. The second-order valence-corrected chi connectivity index (χ2v) is 8.55. The van der Waals surface area contributed by atoms with Crippen LogP contribution in [-0.4, -0.2) is 49.3 Å². The van der Waals surface area contributed by atoms with Gasteiger partial charge in [-0.2, -0.15) is 0 Å². The lowest BCUT2D eigenvalue weighted by atomic mass is 9.52. The van der Waals surface area contributed by atoms with E-state index in [-0.39, 0.29) is 0 Å². The Kier molecular flexibility index (Phi) is 2.27. The van der Waals surface area contributed by atoms with Gasteiger partial charge in [0, 0.05) is 42.2 Å². The number of epoxide rings is 1. The predicted molar refractivity (Wildman–Crippen MR) is 90.9 cm³/mol. The molecule has 3 nitrogen and oxygen atoms in total. The zero-order valence-electron chi connectivity index (χ0n) is 14.2. The van der Waals surface area contributed by atoms with Crippen LogP contribution in [0.25, 0.3) is 0 Å². The molecule has 3 saturated heterocycles. The van der Waals surface area contributed by atoms with Crippen molar-refractivity contribution in [1.29, 1.82) is 0 Å². The molecule has 23 heavy (non-hydrogen) atoms. The van der Waals surface area contributed by atoms with Crippen LogP contribution in [0.2, 0.25) is 0 Å².